The number of carbonyl (C=O) groups is 3. The number of ether oxygens (including phenoxy) is 2. The SMILES string of the molecule is CCOC(=O)c1c(C2CC2)csc1NC(=O)COC(=O)c1cc[n+]([O-])cc1. The first-order valence-electron chi connectivity index (χ1n) is 8.44. The van der Waals surface area contributed by atoms with Crippen molar-refractivity contribution < 1.29 is 28.6 Å². The van der Waals surface area contributed by atoms with Crippen LogP contribution in [0.1, 0.15) is 52.0 Å². The number of pyridine rings is 1. The normalized spacial score (nSPS) is 13.1. The van der Waals surface area contributed by atoms with Crippen molar-refractivity contribution in [2.24, 2.45) is 0 Å². The highest BCUT2D eigenvalue weighted by Crippen LogP contribution is 2.46. The Morgan fingerprint density at radius 3 is 2.56 bits per heavy atom. The van der Waals surface area contributed by atoms with Crippen molar-refractivity contribution >= 4 is 34.2 Å². The summed E-state index contributed by atoms with van der Waals surface area (Å²) >= 11 is 1.25. The van der Waals surface area contributed by atoms with E-state index in [2.05, 4.69) is 5.32 Å². The molecule has 2 heterocycles. The highest BCUT2D eigenvalue weighted by molar-refractivity contribution is 7.15. The van der Waals surface area contributed by atoms with E-state index in [1.165, 1.54) is 23.5 Å². The number of hydrogen-bond donors (Lipinski definition) is 1. The maximum atomic E-state index is 12.3. The van der Waals surface area contributed by atoms with Crippen molar-refractivity contribution in [2.75, 3.05) is 18.5 Å². The molecule has 0 unspecified atom stereocenters. The molecule has 0 aromatic carbocycles. The molecule has 1 saturated carbocycles. The standard InChI is InChI=1S/C18H18N2O6S/c1-2-25-18(23)15-13(11-3-4-11)10-27-16(15)19-14(21)9-26-17(22)12-5-7-20(24)8-6-12/h5-8,10-11H,2-4,9H2,1H3,(H,19,21). The van der Waals surface area contributed by atoms with Gasteiger partial charge in [0.2, 0.25) is 0 Å². The molecule has 1 amide bonds. The van der Waals surface area contributed by atoms with E-state index in [9.17, 15) is 19.6 Å². The third-order valence-corrected chi connectivity index (χ3v) is 4.85. The molecule has 142 valence electrons. The topological polar surface area (TPSA) is 109 Å². The highest BCUT2D eigenvalue weighted by atomic mass is 32.1. The Bertz CT molecular complexity index is 857. The number of carbonyl (C=O) groups excluding carboxylic acids is 3. The summed E-state index contributed by atoms with van der Waals surface area (Å²) in [7, 11) is 0. The summed E-state index contributed by atoms with van der Waals surface area (Å²) in [6, 6.07) is 2.60. The minimum Gasteiger partial charge on any atom is -0.619 e. The first-order chi connectivity index (χ1) is 13.0. The molecule has 3 rings (SSSR count). The zero-order chi connectivity index (χ0) is 19.4. The van der Waals surface area contributed by atoms with Crippen LogP contribution in [-0.2, 0) is 14.3 Å². The lowest BCUT2D eigenvalue weighted by atomic mass is 10.1. The lowest BCUT2D eigenvalue weighted by Crippen LogP contribution is -2.25. The Balaban J connectivity index is 1.63. The lowest BCUT2D eigenvalue weighted by molar-refractivity contribution is -0.605. The Morgan fingerprint density at radius 2 is 1.93 bits per heavy atom. The number of aromatic nitrogens is 1. The molecular weight excluding hydrogens is 372 g/mol. The maximum absolute atomic E-state index is 12.3. The van der Waals surface area contributed by atoms with Gasteiger partial charge in [-0.1, -0.05) is 0 Å². The van der Waals surface area contributed by atoms with Crippen molar-refractivity contribution in [1.29, 1.82) is 0 Å². The molecule has 1 fully saturated rings. The van der Waals surface area contributed by atoms with Crippen LogP contribution < -0.4 is 10.0 Å². The zero-order valence-corrected chi connectivity index (χ0v) is 15.4. The number of thiophene rings is 1. The predicted octanol–water partition coefficient (Wildman–Crippen LogP) is 2.23. The summed E-state index contributed by atoms with van der Waals surface area (Å²) in [5.74, 6) is -1.43. The molecule has 2 aromatic heterocycles. The monoisotopic (exact) mass is 390 g/mol. The number of nitrogens with one attached hydrogen (secondary N) is 1. The van der Waals surface area contributed by atoms with Crippen LogP contribution in [0.3, 0.4) is 0 Å². The molecule has 9 heteroatoms. The molecule has 0 spiro atoms. The van der Waals surface area contributed by atoms with Crippen LogP contribution in [0.15, 0.2) is 29.9 Å². The Kier molecular flexibility index (Phi) is 5.70. The molecule has 0 saturated heterocycles. The Labute approximate surface area is 159 Å². The third-order valence-electron chi connectivity index (χ3n) is 3.94. The van der Waals surface area contributed by atoms with Crippen molar-refractivity contribution in [3.8, 4) is 0 Å². The third kappa shape index (κ3) is 4.62. The van der Waals surface area contributed by atoms with Gasteiger partial charge in [-0.25, -0.2) is 9.59 Å². The fraction of sp³-hybridized carbons (Fsp3) is 0.333. The van der Waals surface area contributed by atoms with E-state index in [1.54, 1.807) is 6.92 Å². The van der Waals surface area contributed by atoms with Gasteiger partial charge >= 0.3 is 11.9 Å². The van der Waals surface area contributed by atoms with Gasteiger partial charge in [0.1, 0.15) is 5.00 Å². The first-order valence-corrected chi connectivity index (χ1v) is 9.31. The average molecular weight is 390 g/mol. The molecule has 2 aromatic rings. The fourth-order valence-electron chi connectivity index (χ4n) is 2.50. The van der Waals surface area contributed by atoms with Crippen molar-refractivity contribution in [2.45, 2.75) is 25.7 Å². The van der Waals surface area contributed by atoms with Crippen molar-refractivity contribution in [3.05, 3.63) is 51.8 Å². The summed E-state index contributed by atoms with van der Waals surface area (Å²) in [5, 5.41) is 15.8. The number of nitrogens with zero attached hydrogens (tertiary/aromatic N) is 1. The predicted molar refractivity (Wildman–Crippen MR) is 96.6 cm³/mol. The van der Waals surface area contributed by atoms with Crippen LogP contribution in [0.5, 0.6) is 0 Å². The Morgan fingerprint density at radius 1 is 1.22 bits per heavy atom. The number of esters is 2. The van der Waals surface area contributed by atoms with Crippen molar-refractivity contribution in [1.82, 2.24) is 0 Å². The molecule has 1 aliphatic carbocycles. The first kappa shape index (κ1) is 18.8. The second-order valence-corrected chi connectivity index (χ2v) is 6.84. The number of rotatable bonds is 7. The van der Waals surface area contributed by atoms with Gasteiger partial charge in [-0.2, -0.15) is 4.73 Å². The molecule has 1 aliphatic rings. The van der Waals surface area contributed by atoms with Gasteiger partial charge in [0.15, 0.2) is 19.0 Å². The molecule has 8 nitrogen and oxygen atoms in total. The van der Waals surface area contributed by atoms with E-state index in [4.69, 9.17) is 9.47 Å². The largest absolute Gasteiger partial charge is 0.619 e. The lowest BCUT2D eigenvalue weighted by Gasteiger charge is -2.09. The summed E-state index contributed by atoms with van der Waals surface area (Å²) < 4.78 is 10.6. The molecule has 0 bridgehead atoms. The van der Waals surface area contributed by atoms with Gasteiger partial charge in [0.25, 0.3) is 5.91 Å². The average Bonchev–Trinajstić information content (AvgIpc) is 3.41. The summed E-state index contributed by atoms with van der Waals surface area (Å²) in [6.07, 6.45) is 4.34. The Hall–Kier alpha value is -2.94. The van der Waals surface area contributed by atoms with E-state index in [0.717, 1.165) is 30.8 Å². The summed E-state index contributed by atoms with van der Waals surface area (Å²) in [4.78, 5) is 36.3. The highest BCUT2D eigenvalue weighted by Gasteiger charge is 2.32. The van der Waals surface area contributed by atoms with Crippen molar-refractivity contribution in [3.63, 3.8) is 0 Å². The van der Waals surface area contributed by atoms with E-state index >= 15 is 0 Å². The van der Waals surface area contributed by atoms with Crippen LogP contribution in [0.25, 0.3) is 0 Å². The van der Waals surface area contributed by atoms with E-state index in [1.807, 2.05) is 5.38 Å². The summed E-state index contributed by atoms with van der Waals surface area (Å²) in [6.45, 7) is 1.45. The van der Waals surface area contributed by atoms with Crippen LogP contribution in [0.4, 0.5) is 5.00 Å². The van der Waals surface area contributed by atoms with E-state index in [0.29, 0.717) is 21.2 Å². The molecular formula is C18H18N2O6S. The van der Waals surface area contributed by atoms with Crippen LogP contribution in [-0.4, -0.2) is 31.1 Å². The molecule has 0 radical (unpaired) electrons. The van der Waals surface area contributed by atoms with Gasteiger partial charge < -0.3 is 20.0 Å². The van der Waals surface area contributed by atoms with Gasteiger partial charge in [0, 0.05) is 12.1 Å². The second kappa shape index (κ2) is 8.17. The number of hydrogen-bond acceptors (Lipinski definition) is 7. The van der Waals surface area contributed by atoms with E-state index < -0.39 is 24.5 Å². The molecule has 0 atom stereocenters. The van der Waals surface area contributed by atoms with Gasteiger partial charge in [-0.15, -0.1) is 11.3 Å². The molecule has 1 N–H and O–H groups in total. The minimum atomic E-state index is -0.721. The minimum absolute atomic E-state index is 0.161. The number of amides is 1. The number of anilines is 1. The van der Waals surface area contributed by atoms with Gasteiger partial charge in [-0.05, 0) is 36.6 Å². The van der Waals surface area contributed by atoms with Gasteiger partial charge in [-0.3, -0.25) is 4.79 Å². The quantitative estimate of drug-likeness (QED) is 0.441. The molecule has 0 aliphatic heterocycles. The fourth-order valence-corrected chi connectivity index (χ4v) is 3.54. The summed E-state index contributed by atoms with van der Waals surface area (Å²) in [5.41, 5.74) is 1.43. The smallest absolute Gasteiger partial charge is 0.341 e. The second-order valence-electron chi connectivity index (χ2n) is 5.96. The zero-order valence-electron chi connectivity index (χ0n) is 14.6. The molecule has 27 heavy (non-hydrogen) atoms. The van der Waals surface area contributed by atoms with Crippen LogP contribution >= 0.6 is 11.3 Å². The van der Waals surface area contributed by atoms with Gasteiger partial charge in [0.05, 0.1) is 17.7 Å². The van der Waals surface area contributed by atoms with Crippen LogP contribution in [0.2, 0.25) is 0 Å². The van der Waals surface area contributed by atoms with E-state index in [-0.39, 0.29) is 12.2 Å². The maximum Gasteiger partial charge on any atom is 0.341 e. The van der Waals surface area contributed by atoms with Crippen LogP contribution in [0, 0.1) is 5.21 Å².